The van der Waals surface area contributed by atoms with Crippen molar-refractivity contribution in [1.29, 1.82) is 0 Å². The van der Waals surface area contributed by atoms with Crippen molar-refractivity contribution >= 4 is 34.8 Å². The highest BCUT2D eigenvalue weighted by atomic mass is 35.5. The van der Waals surface area contributed by atoms with E-state index in [1.807, 2.05) is 0 Å². The Bertz CT molecular complexity index is 790. The molecule has 1 aliphatic rings. The minimum atomic E-state index is -0.267. The summed E-state index contributed by atoms with van der Waals surface area (Å²) in [5, 5.41) is 3.31. The maximum atomic E-state index is 12.5. The molecule has 0 atom stereocenters. The highest BCUT2D eigenvalue weighted by molar-refractivity contribution is 6.31. The molecule has 6 heteroatoms. The summed E-state index contributed by atoms with van der Waals surface area (Å²) in [5.41, 5.74) is 1.83. The zero-order chi connectivity index (χ0) is 17.8. The molecule has 1 N–H and O–H groups in total. The average Bonchev–Trinajstić information content (AvgIpc) is 2.62. The van der Waals surface area contributed by atoms with Crippen LogP contribution in [0.1, 0.15) is 29.6 Å². The quantitative estimate of drug-likeness (QED) is 0.894. The number of halogens is 1. The molecule has 2 aromatic carbocycles. The largest absolute Gasteiger partial charge is 0.495 e. The number of benzene rings is 2. The number of anilines is 2. The fraction of sp³-hybridized carbons (Fsp3) is 0.263. The lowest BCUT2D eigenvalue weighted by Crippen LogP contribution is -2.35. The molecular formula is C19H19ClN2O3. The van der Waals surface area contributed by atoms with Crippen molar-refractivity contribution in [3.8, 4) is 5.75 Å². The van der Waals surface area contributed by atoms with E-state index >= 15 is 0 Å². The molecule has 0 bridgehead atoms. The van der Waals surface area contributed by atoms with E-state index in [1.54, 1.807) is 47.4 Å². The maximum Gasteiger partial charge on any atom is 0.255 e. The van der Waals surface area contributed by atoms with Gasteiger partial charge in [-0.05, 0) is 55.3 Å². The van der Waals surface area contributed by atoms with Gasteiger partial charge in [0.05, 0.1) is 12.8 Å². The summed E-state index contributed by atoms with van der Waals surface area (Å²) < 4.78 is 5.23. The van der Waals surface area contributed by atoms with Gasteiger partial charge >= 0.3 is 0 Å². The number of hydrogen-bond acceptors (Lipinski definition) is 3. The molecule has 2 amide bonds. The second kappa shape index (κ2) is 7.57. The average molecular weight is 359 g/mol. The molecule has 1 saturated heterocycles. The highest BCUT2D eigenvalue weighted by Crippen LogP contribution is 2.28. The number of hydrogen-bond donors (Lipinski definition) is 1. The summed E-state index contributed by atoms with van der Waals surface area (Å²) in [6, 6.07) is 12.1. The molecule has 0 aliphatic carbocycles. The Morgan fingerprint density at radius 2 is 1.92 bits per heavy atom. The first-order valence-corrected chi connectivity index (χ1v) is 8.51. The van der Waals surface area contributed by atoms with Crippen molar-refractivity contribution in [3.05, 3.63) is 53.1 Å². The van der Waals surface area contributed by atoms with Crippen molar-refractivity contribution in [2.24, 2.45) is 0 Å². The van der Waals surface area contributed by atoms with E-state index in [4.69, 9.17) is 16.3 Å². The van der Waals surface area contributed by atoms with Gasteiger partial charge in [-0.15, -0.1) is 0 Å². The van der Waals surface area contributed by atoms with Crippen LogP contribution in [0.2, 0.25) is 5.02 Å². The number of piperidine rings is 1. The van der Waals surface area contributed by atoms with E-state index in [0.29, 0.717) is 28.4 Å². The van der Waals surface area contributed by atoms with Crippen LogP contribution in [0.25, 0.3) is 0 Å². The molecular weight excluding hydrogens is 340 g/mol. The van der Waals surface area contributed by atoms with Gasteiger partial charge in [-0.3, -0.25) is 9.59 Å². The van der Waals surface area contributed by atoms with Gasteiger partial charge in [0.1, 0.15) is 5.75 Å². The first kappa shape index (κ1) is 17.3. The lowest BCUT2D eigenvalue weighted by atomic mass is 10.1. The molecule has 25 heavy (non-hydrogen) atoms. The summed E-state index contributed by atoms with van der Waals surface area (Å²) in [4.78, 5) is 26.2. The topological polar surface area (TPSA) is 58.6 Å². The zero-order valence-electron chi connectivity index (χ0n) is 13.9. The minimum absolute atomic E-state index is 0.132. The number of amides is 2. The van der Waals surface area contributed by atoms with E-state index in [-0.39, 0.29) is 11.8 Å². The standard InChI is InChI=1S/C19H19ClN2O3/c1-25-17-10-7-14(20)12-16(17)21-19(24)13-5-8-15(9-6-13)22-11-3-2-4-18(22)23/h5-10,12H,2-4,11H2,1H3,(H,21,24). The number of ether oxygens (including phenoxy) is 1. The Hall–Kier alpha value is -2.53. The van der Waals surface area contributed by atoms with Crippen LogP contribution in [0, 0.1) is 0 Å². The monoisotopic (exact) mass is 358 g/mol. The Balaban J connectivity index is 1.75. The second-order valence-corrected chi connectivity index (χ2v) is 6.28. The Labute approximate surface area is 151 Å². The third kappa shape index (κ3) is 3.94. The number of nitrogens with zero attached hydrogens (tertiary/aromatic N) is 1. The summed E-state index contributed by atoms with van der Waals surface area (Å²) in [6.45, 7) is 0.726. The lowest BCUT2D eigenvalue weighted by molar-refractivity contribution is -0.119. The third-order valence-electron chi connectivity index (χ3n) is 4.17. The predicted octanol–water partition coefficient (Wildman–Crippen LogP) is 4.12. The molecule has 0 saturated carbocycles. The third-order valence-corrected chi connectivity index (χ3v) is 4.41. The van der Waals surface area contributed by atoms with Crippen molar-refractivity contribution in [1.82, 2.24) is 0 Å². The van der Waals surface area contributed by atoms with E-state index < -0.39 is 0 Å². The van der Waals surface area contributed by atoms with Gasteiger partial charge in [0, 0.05) is 29.2 Å². The van der Waals surface area contributed by atoms with Crippen LogP contribution >= 0.6 is 11.6 Å². The summed E-state index contributed by atoms with van der Waals surface area (Å²) in [5.74, 6) is 0.400. The predicted molar refractivity (Wildman–Crippen MR) is 98.6 cm³/mol. The molecule has 2 aromatic rings. The zero-order valence-corrected chi connectivity index (χ0v) is 14.7. The van der Waals surface area contributed by atoms with Crippen LogP contribution in [0.15, 0.2) is 42.5 Å². The molecule has 1 fully saturated rings. The molecule has 0 spiro atoms. The van der Waals surface area contributed by atoms with Crippen LogP contribution in [-0.2, 0) is 4.79 Å². The Morgan fingerprint density at radius 3 is 2.60 bits per heavy atom. The first-order valence-electron chi connectivity index (χ1n) is 8.14. The second-order valence-electron chi connectivity index (χ2n) is 5.85. The van der Waals surface area contributed by atoms with Gasteiger partial charge in [0.15, 0.2) is 0 Å². The normalized spacial score (nSPS) is 14.3. The van der Waals surface area contributed by atoms with Crippen molar-refractivity contribution in [3.63, 3.8) is 0 Å². The van der Waals surface area contributed by atoms with E-state index in [1.165, 1.54) is 7.11 Å². The Morgan fingerprint density at radius 1 is 1.16 bits per heavy atom. The van der Waals surface area contributed by atoms with Gasteiger partial charge in [0.2, 0.25) is 5.91 Å². The SMILES string of the molecule is COc1ccc(Cl)cc1NC(=O)c1ccc(N2CCCCC2=O)cc1. The summed E-state index contributed by atoms with van der Waals surface area (Å²) in [7, 11) is 1.53. The van der Waals surface area contributed by atoms with Gasteiger partial charge in [-0.1, -0.05) is 11.6 Å². The molecule has 0 radical (unpaired) electrons. The van der Waals surface area contributed by atoms with Gasteiger partial charge < -0.3 is 15.0 Å². The van der Waals surface area contributed by atoms with Crippen LogP contribution in [0.5, 0.6) is 5.75 Å². The van der Waals surface area contributed by atoms with E-state index in [2.05, 4.69) is 5.32 Å². The van der Waals surface area contributed by atoms with Crippen LogP contribution in [0.4, 0.5) is 11.4 Å². The van der Waals surface area contributed by atoms with Crippen LogP contribution < -0.4 is 15.0 Å². The smallest absolute Gasteiger partial charge is 0.255 e. The van der Waals surface area contributed by atoms with Crippen LogP contribution in [0.3, 0.4) is 0 Å². The van der Waals surface area contributed by atoms with Gasteiger partial charge in [-0.2, -0.15) is 0 Å². The molecule has 0 aromatic heterocycles. The number of carbonyl (C=O) groups excluding carboxylic acids is 2. The first-order chi connectivity index (χ1) is 12.1. The Kier molecular flexibility index (Phi) is 5.24. The number of carbonyl (C=O) groups is 2. The van der Waals surface area contributed by atoms with Crippen molar-refractivity contribution in [2.75, 3.05) is 23.9 Å². The lowest BCUT2D eigenvalue weighted by Gasteiger charge is -2.26. The molecule has 5 nitrogen and oxygen atoms in total. The molecule has 0 unspecified atom stereocenters. The fourth-order valence-electron chi connectivity index (χ4n) is 2.84. The molecule has 3 rings (SSSR count). The summed E-state index contributed by atoms with van der Waals surface area (Å²) >= 11 is 5.98. The van der Waals surface area contributed by atoms with Gasteiger partial charge in [0.25, 0.3) is 5.91 Å². The number of rotatable bonds is 4. The summed E-state index contributed by atoms with van der Waals surface area (Å²) in [6.07, 6.45) is 2.52. The minimum Gasteiger partial charge on any atom is -0.495 e. The fourth-order valence-corrected chi connectivity index (χ4v) is 3.02. The molecule has 1 aliphatic heterocycles. The van der Waals surface area contributed by atoms with E-state index in [9.17, 15) is 9.59 Å². The molecule has 130 valence electrons. The number of methoxy groups -OCH3 is 1. The van der Waals surface area contributed by atoms with Crippen LogP contribution in [-0.4, -0.2) is 25.5 Å². The number of nitrogens with one attached hydrogen (secondary N) is 1. The van der Waals surface area contributed by atoms with Crippen molar-refractivity contribution < 1.29 is 14.3 Å². The maximum absolute atomic E-state index is 12.5. The van der Waals surface area contributed by atoms with Crippen molar-refractivity contribution in [2.45, 2.75) is 19.3 Å². The molecule has 1 heterocycles. The van der Waals surface area contributed by atoms with Gasteiger partial charge in [-0.25, -0.2) is 0 Å². The van der Waals surface area contributed by atoms with E-state index in [0.717, 1.165) is 25.1 Å². The highest BCUT2D eigenvalue weighted by Gasteiger charge is 2.19.